The van der Waals surface area contributed by atoms with Gasteiger partial charge in [-0.15, -0.1) is 0 Å². The van der Waals surface area contributed by atoms with Crippen LogP contribution >= 0.6 is 21.6 Å². The zero-order chi connectivity index (χ0) is 28.2. The fraction of sp³-hybridized carbons (Fsp3) is 0.714. The van der Waals surface area contributed by atoms with Gasteiger partial charge < -0.3 is 19.3 Å². The maximum absolute atomic E-state index is 12.0. The predicted molar refractivity (Wildman–Crippen MR) is 155 cm³/mol. The Morgan fingerprint density at radius 2 is 0.974 bits per heavy atom. The van der Waals surface area contributed by atoms with E-state index in [9.17, 15) is 19.2 Å². The summed E-state index contributed by atoms with van der Waals surface area (Å²) in [5, 5.41) is 0. The Hall–Kier alpha value is -1.94. The number of allylic oxidation sites excluding steroid dienone is 2. The van der Waals surface area contributed by atoms with Crippen molar-refractivity contribution in [3.05, 3.63) is 21.2 Å². The van der Waals surface area contributed by atoms with E-state index in [1.807, 2.05) is 13.8 Å². The first-order chi connectivity index (χ1) is 18.3. The molecule has 0 aliphatic carbocycles. The van der Waals surface area contributed by atoms with Crippen molar-refractivity contribution in [1.82, 2.24) is 9.80 Å². The normalized spacial score (nSPS) is 18.1. The summed E-state index contributed by atoms with van der Waals surface area (Å²) in [5.41, 5.74) is 1.67. The molecule has 0 bridgehead atoms. The molecule has 0 aromatic carbocycles. The van der Waals surface area contributed by atoms with Crippen LogP contribution in [0.3, 0.4) is 0 Å². The smallest absolute Gasteiger partial charge is 0.302 e. The number of hydrogen-bond donors (Lipinski definition) is 0. The van der Waals surface area contributed by atoms with Gasteiger partial charge in [-0.2, -0.15) is 0 Å². The van der Waals surface area contributed by atoms with Crippen molar-refractivity contribution in [2.75, 3.05) is 26.3 Å². The summed E-state index contributed by atoms with van der Waals surface area (Å²) in [6.07, 6.45) is 14.0. The van der Waals surface area contributed by atoms with Crippen molar-refractivity contribution in [2.45, 2.75) is 105 Å². The van der Waals surface area contributed by atoms with Crippen LogP contribution in [0.25, 0.3) is 0 Å². The number of amides is 2. The number of rotatable bonds is 8. The van der Waals surface area contributed by atoms with E-state index in [0.29, 0.717) is 25.9 Å². The van der Waals surface area contributed by atoms with Gasteiger partial charge in [0.25, 0.3) is 0 Å². The molecule has 0 saturated heterocycles. The summed E-state index contributed by atoms with van der Waals surface area (Å²) in [6.45, 7) is 8.32. The Kier molecular flexibility index (Phi) is 18.8. The third-order valence-corrected chi connectivity index (χ3v) is 9.42. The van der Waals surface area contributed by atoms with Gasteiger partial charge in [0.05, 0.1) is 13.2 Å². The lowest BCUT2D eigenvalue weighted by atomic mass is 10.1. The topological polar surface area (TPSA) is 93.2 Å². The number of carbonyl (C=O) groups excluding carboxylic acids is 4. The van der Waals surface area contributed by atoms with E-state index in [4.69, 9.17) is 9.47 Å². The average Bonchev–Trinajstić information content (AvgIpc) is 2.88. The number of ether oxygens (including phenoxy) is 2. The van der Waals surface area contributed by atoms with Gasteiger partial charge in [-0.05, 0) is 26.7 Å². The highest BCUT2D eigenvalue weighted by molar-refractivity contribution is 8.79. The van der Waals surface area contributed by atoms with E-state index in [2.05, 4.69) is 0 Å². The Balaban J connectivity index is 3.23. The molecule has 1 heterocycles. The minimum absolute atomic E-state index is 0.216. The van der Waals surface area contributed by atoms with Gasteiger partial charge in [0.15, 0.2) is 0 Å². The van der Waals surface area contributed by atoms with Crippen LogP contribution in [0.2, 0.25) is 0 Å². The second kappa shape index (κ2) is 21.0. The van der Waals surface area contributed by atoms with Crippen molar-refractivity contribution < 1.29 is 28.7 Å². The maximum atomic E-state index is 12.0. The zero-order valence-corrected chi connectivity index (χ0v) is 25.3. The average molecular weight is 571 g/mol. The van der Waals surface area contributed by atoms with Gasteiger partial charge in [0, 0.05) is 61.0 Å². The number of nitrogens with zero attached hydrogens (tertiary/aromatic N) is 2. The first-order valence-electron chi connectivity index (χ1n) is 13.7. The first-order valence-corrected chi connectivity index (χ1v) is 15.9. The molecular weight excluding hydrogens is 524 g/mol. The molecule has 0 N–H and O–H groups in total. The van der Waals surface area contributed by atoms with Crippen molar-refractivity contribution >= 4 is 46.3 Å². The van der Waals surface area contributed by atoms with E-state index < -0.39 is 0 Å². The van der Waals surface area contributed by atoms with Crippen molar-refractivity contribution in [3.63, 3.8) is 0 Å². The minimum Gasteiger partial charge on any atom is -0.466 e. The van der Waals surface area contributed by atoms with Crippen LogP contribution in [-0.2, 0) is 28.7 Å². The lowest BCUT2D eigenvalue weighted by molar-refractivity contribution is -0.141. The minimum atomic E-state index is -0.348. The fourth-order valence-electron chi connectivity index (χ4n) is 4.14. The highest BCUT2D eigenvalue weighted by atomic mass is 33.1. The number of esters is 2. The summed E-state index contributed by atoms with van der Waals surface area (Å²) < 4.78 is 10.4. The summed E-state index contributed by atoms with van der Waals surface area (Å²) in [7, 11) is 2.99. The fourth-order valence-corrected chi connectivity index (χ4v) is 6.98. The van der Waals surface area contributed by atoms with Gasteiger partial charge in [0.2, 0.25) is 12.8 Å². The maximum Gasteiger partial charge on any atom is 0.302 e. The highest BCUT2D eigenvalue weighted by Gasteiger charge is 2.17. The summed E-state index contributed by atoms with van der Waals surface area (Å²) in [6, 6.07) is 0. The van der Waals surface area contributed by atoms with Crippen LogP contribution in [0.4, 0.5) is 0 Å². The van der Waals surface area contributed by atoms with Crippen LogP contribution in [-0.4, -0.2) is 60.9 Å². The Labute approximate surface area is 236 Å². The number of hydrogen-bond acceptors (Lipinski definition) is 8. The third kappa shape index (κ3) is 14.9. The van der Waals surface area contributed by atoms with Crippen LogP contribution in [0.5, 0.6) is 0 Å². The van der Waals surface area contributed by atoms with Crippen molar-refractivity contribution in [3.8, 4) is 0 Å². The predicted octanol–water partition coefficient (Wildman–Crippen LogP) is 6.57. The van der Waals surface area contributed by atoms with Gasteiger partial charge in [0.1, 0.15) is 0 Å². The lowest BCUT2D eigenvalue weighted by Crippen LogP contribution is -2.23. The Morgan fingerprint density at radius 1 is 0.658 bits per heavy atom. The summed E-state index contributed by atoms with van der Waals surface area (Å²) >= 11 is 0. The molecule has 1 aliphatic heterocycles. The van der Waals surface area contributed by atoms with Crippen LogP contribution < -0.4 is 0 Å². The van der Waals surface area contributed by atoms with Crippen LogP contribution in [0.1, 0.15) is 105 Å². The van der Waals surface area contributed by atoms with Crippen LogP contribution in [0.15, 0.2) is 21.2 Å². The van der Waals surface area contributed by atoms with Crippen molar-refractivity contribution in [2.24, 2.45) is 0 Å². The Morgan fingerprint density at radius 3 is 1.26 bits per heavy atom. The van der Waals surface area contributed by atoms with Crippen LogP contribution in [0, 0.1) is 0 Å². The van der Waals surface area contributed by atoms with E-state index in [1.54, 1.807) is 9.80 Å². The second-order valence-corrected chi connectivity index (χ2v) is 11.8. The molecule has 0 aromatic heterocycles. The highest BCUT2D eigenvalue weighted by Crippen LogP contribution is 2.42. The van der Waals surface area contributed by atoms with Gasteiger partial charge in [-0.25, -0.2) is 0 Å². The SMILES string of the molecule is CC(=O)OCCC1=C(C)N(C=O)CCCCCCCCCCCCN(C=O)C(C)=C(CCOC(C)=O)SS1. The molecular formula is C28H46N2O6S2. The molecule has 0 saturated carbocycles. The molecule has 1 rings (SSSR count). The molecule has 2 amide bonds. The largest absolute Gasteiger partial charge is 0.466 e. The molecule has 0 atom stereocenters. The second-order valence-electron chi connectivity index (χ2n) is 9.50. The van der Waals surface area contributed by atoms with E-state index in [-0.39, 0.29) is 25.2 Å². The van der Waals surface area contributed by atoms with E-state index >= 15 is 0 Å². The molecule has 1 aliphatic rings. The third-order valence-electron chi connectivity index (χ3n) is 6.48. The molecule has 0 aromatic rings. The molecule has 0 unspecified atom stereocenters. The standard InChI is InChI=1S/C28H46N2O6S2/c1-23-27(15-19-35-25(3)33)37-38-28(16-20-36-26(4)34)24(2)30(22-32)18-14-12-10-8-6-5-7-9-11-13-17-29(23)21-31/h21-22H,5-20H2,1-4H3. The molecule has 216 valence electrons. The molecule has 38 heavy (non-hydrogen) atoms. The zero-order valence-electron chi connectivity index (χ0n) is 23.6. The quantitative estimate of drug-likeness (QED) is 0.184. The van der Waals surface area contributed by atoms with Crippen molar-refractivity contribution in [1.29, 1.82) is 0 Å². The molecule has 0 spiro atoms. The molecule has 8 nitrogen and oxygen atoms in total. The van der Waals surface area contributed by atoms with Gasteiger partial charge in [-0.1, -0.05) is 73.0 Å². The lowest BCUT2D eigenvalue weighted by Gasteiger charge is -2.24. The Bertz CT molecular complexity index is 749. The monoisotopic (exact) mass is 570 g/mol. The molecule has 0 radical (unpaired) electrons. The number of carbonyl (C=O) groups is 4. The van der Waals surface area contributed by atoms with Gasteiger partial charge >= 0.3 is 11.9 Å². The van der Waals surface area contributed by atoms with Gasteiger partial charge in [-0.3, -0.25) is 19.2 Å². The first kappa shape index (κ1) is 34.1. The summed E-state index contributed by atoms with van der Waals surface area (Å²) in [4.78, 5) is 52.0. The van der Waals surface area contributed by atoms with E-state index in [1.165, 1.54) is 74.0 Å². The molecule has 0 fully saturated rings. The molecule has 10 heteroatoms. The summed E-state index contributed by atoms with van der Waals surface area (Å²) in [5.74, 6) is -0.695. The van der Waals surface area contributed by atoms with E-state index in [0.717, 1.165) is 59.7 Å².